The van der Waals surface area contributed by atoms with Crippen LogP contribution in [-0.4, -0.2) is 19.8 Å². The van der Waals surface area contributed by atoms with Gasteiger partial charge in [0, 0.05) is 6.20 Å². The SMILES string of the molecule is Cc1ccnc(-n2nc(C)c(Cl)c2C)c1C(N)=S. The molecular formula is C12H13ClN4S. The Morgan fingerprint density at radius 3 is 2.56 bits per heavy atom. The predicted molar refractivity (Wildman–Crippen MR) is 76.5 cm³/mol. The number of nitrogens with zero attached hydrogens (tertiary/aromatic N) is 3. The molecular weight excluding hydrogens is 268 g/mol. The van der Waals surface area contributed by atoms with E-state index >= 15 is 0 Å². The zero-order valence-electron chi connectivity index (χ0n) is 10.4. The number of hydrogen-bond donors (Lipinski definition) is 1. The van der Waals surface area contributed by atoms with Crippen LogP contribution in [0.5, 0.6) is 0 Å². The van der Waals surface area contributed by atoms with Gasteiger partial charge in [0.25, 0.3) is 0 Å². The van der Waals surface area contributed by atoms with Gasteiger partial charge in [-0.05, 0) is 32.4 Å². The largest absolute Gasteiger partial charge is 0.389 e. The summed E-state index contributed by atoms with van der Waals surface area (Å²) >= 11 is 11.2. The standard InChI is InChI=1S/C12H13ClN4S/c1-6-4-5-15-12(9(6)11(14)18)17-8(3)10(13)7(2)16-17/h4-5H,1-3H3,(H2,14,18). The Labute approximate surface area is 116 Å². The molecule has 0 unspecified atom stereocenters. The van der Waals surface area contributed by atoms with Crippen LogP contribution in [0, 0.1) is 20.8 Å². The maximum atomic E-state index is 6.14. The molecule has 0 aliphatic heterocycles. The van der Waals surface area contributed by atoms with E-state index in [1.54, 1.807) is 10.9 Å². The first-order valence-electron chi connectivity index (χ1n) is 5.41. The number of aromatic nitrogens is 3. The predicted octanol–water partition coefficient (Wildman–Crippen LogP) is 2.48. The fourth-order valence-electron chi connectivity index (χ4n) is 1.84. The summed E-state index contributed by atoms with van der Waals surface area (Å²) in [7, 11) is 0. The molecule has 2 N–H and O–H groups in total. The number of nitrogens with two attached hydrogens (primary N) is 1. The molecule has 0 aliphatic carbocycles. The van der Waals surface area contributed by atoms with Crippen LogP contribution in [-0.2, 0) is 0 Å². The van der Waals surface area contributed by atoms with Crippen LogP contribution in [0.15, 0.2) is 12.3 Å². The highest BCUT2D eigenvalue weighted by Crippen LogP contribution is 2.24. The number of hydrogen-bond acceptors (Lipinski definition) is 3. The van der Waals surface area contributed by atoms with Crippen molar-refractivity contribution in [3.63, 3.8) is 0 Å². The Kier molecular flexibility index (Phi) is 3.36. The van der Waals surface area contributed by atoms with Crippen molar-refractivity contribution in [2.75, 3.05) is 0 Å². The van der Waals surface area contributed by atoms with Gasteiger partial charge in [0.1, 0.15) is 4.99 Å². The van der Waals surface area contributed by atoms with Gasteiger partial charge in [0.2, 0.25) is 0 Å². The average Bonchev–Trinajstić information content (AvgIpc) is 2.56. The van der Waals surface area contributed by atoms with E-state index in [1.165, 1.54) is 0 Å². The summed E-state index contributed by atoms with van der Waals surface area (Å²) in [6.45, 7) is 5.67. The molecule has 0 amide bonds. The van der Waals surface area contributed by atoms with Crippen molar-refractivity contribution in [3.05, 3.63) is 39.8 Å². The number of aryl methyl sites for hydroxylation is 2. The second kappa shape index (κ2) is 4.66. The van der Waals surface area contributed by atoms with Crippen molar-refractivity contribution in [2.24, 2.45) is 5.73 Å². The highest BCUT2D eigenvalue weighted by molar-refractivity contribution is 7.80. The molecule has 0 aromatic carbocycles. The summed E-state index contributed by atoms with van der Waals surface area (Å²) in [5.41, 5.74) is 9.04. The molecule has 0 atom stereocenters. The van der Waals surface area contributed by atoms with Crippen LogP contribution >= 0.6 is 23.8 Å². The molecule has 0 aliphatic rings. The minimum Gasteiger partial charge on any atom is -0.389 e. The third-order valence-electron chi connectivity index (χ3n) is 2.79. The molecule has 2 aromatic heterocycles. The molecule has 0 saturated carbocycles. The highest BCUT2D eigenvalue weighted by atomic mass is 35.5. The van der Waals surface area contributed by atoms with E-state index in [4.69, 9.17) is 29.6 Å². The summed E-state index contributed by atoms with van der Waals surface area (Å²) in [6, 6.07) is 1.87. The lowest BCUT2D eigenvalue weighted by Crippen LogP contribution is -2.17. The molecule has 94 valence electrons. The van der Waals surface area contributed by atoms with Gasteiger partial charge >= 0.3 is 0 Å². The molecule has 2 heterocycles. The molecule has 0 saturated heterocycles. The number of pyridine rings is 1. The third-order valence-corrected chi connectivity index (χ3v) is 3.54. The zero-order chi connectivity index (χ0) is 13.4. The fourth-order valence-corrected chi connectivity index (χ4v) is 2.21. The van der Waals surface area contributed by atoms with Crippen LogP contribution in [0.1, 0.15) is 22.5 Å². The van der Waals surface area contributed by atoms with E-state index in [0.717, 1.165) is 22.5 Å². The Hall–Kier alpha value is -1.46. The summed E-state index contributed by atoms with van der Waals surface area (Å²) < 4.78 is 1.68. The first kappa shape index (κ1) is 13.0. The van der Waals surface area contributed by atoms with Crippen molar-refractivity contribution in [1.29, 1.82) is 0 Å². The van der Waals surface area contributed by atoms with Gasteiger partial charge in [-0.3, -0.25) is 0 Å². The Balaban J connectivity index is 2.75. The number of rotatable bonds is 2. The minimum absolute atomic E-state index is 0.305. The molecule has 4 nitrogen and oxygen atoms in total. The van der Waals surface area contributed by atoms with Gasteiger partial charge in [-0.2, -0.15) is 5.10 Å². The van der Waals surface area contributed by atoms with Gasteiger partial charge in [-0.1, -0.05) is 23.8 Å². The van der Waals surface area contributed by atoms with E-state index in [2.05, 4.69) is 10.1 Å². The van der Waals surface area contributed by atoms with Gasteiger partial charge in [-0.15, -0.1) is 0 Å². The second-order valence-electron chi connectivity index (χ2n) is 4.09. The van der Waals surface area contributed by atoms with E-state index in [0.29, 0.717) is 15.8 Å². The van der Waals surface area contributed by atoms with Gasteiger partial charge < -0.3 is 5.73 Å². The van der Waals surface area contributed by atoms with E-state index in [-0.39, 0.29) is 0 Å². The fraction of sp³-hybridized carbons (Fsp3) is 0.250. The van der Waals surface area contributed by atoms with Crippen molar-refractivity contribution in [3.8, 4) is 5.82 Å². The first-order valence-corrected chi connectivity index (χ1v) is 6.19. The lowest BCUT2D eigenvalue weighted by molar-refractivity contribution is 0.803. The second-order valence-corrected chi connectivity index (χ2v) is 4.91. The average molecular weight is 281 g/mol. The van der Waals surface area contributed by atoms with Crippen LogP contribution in [0.25, 0.3) is 5.82 Å². The summed E-state index contributed by atoms with van der Waals surface area (Å²) in [5.74, 6) is 0.620. The summed E-state index contributed by atoms with van der Waals surface area (Å²) in [5, 5.41) is 5.00. The maximum Gasteiger partial charge on any atom is 0.164 e. The quantitative estimate of drug-likeness (QED) is 0.859. The van der Waals surface area contributed by atoms with E-state index in [1.807, 2.05) is 26.8 Å². The minimum atomic E-state index is 0.305. The van der Waals surface area contributed by atoms with Crippen LogP contribution < -0.4 is 5.73 Å². The van der Waals surface area contributed by atoms with Gasteiger partial charge in [-0.25, -0.2) is 9.67 Å². The molecule has 0 spiro atoms. The van der Waals surface area contributed by atoms with Crippen LogP contribution in [0.4, 0.5) is 0 Å². The third kappa shape index (κ3) is 2.00. The molecule has 0 bridgehead atoms. The van der Waals surface area contributed by atoms with E-state index in [9.17, 15) is 0 Å². The van der Waals surface area contributed by atoms with Gasteiger partial charge in [0.15, 0.2) is 5.82 Å². The van der Waals surface area contributed by atoms with Crippen molar-refractivity contribution >= 4 is 28.8 Å². The number of halogens is 1. The van der Waals surface area contributed by atoms with E-state index < -0.39 is 0 Å². The molecule has 2 rings (SSSR count). The molecule has 2 aromatic rings. The summed E-state index contributed by atoms with van der Waals surface area (Å²) in [4.78, 5) is 4.63. The lowest BCUT2D eigenvalue weighted by Gasteiger charge is -2.11. The van der Waals surface area contributed by atoms with Crippen molar-refractivity contribution in [1.82, 2.24) is 14.8 Å². The van der Waals surface area contributed by atoms with Crippen LogP contribution in [0.2, 0.25) is 5.02 Å². The van der Waals surface area contributed by atoms with Crippen molar-refractivity contribution in [2.45, 2.75) is 20.8 Å². The maximum absolute atomic E-state index is 6.14. The monoisotopic (exact) mass is 280 g/mol. The highest BCUT2D eigenvalue weighted by Gasteiger charge is 2.17. The Morgan fingerprint density at radius 1 is 1.39 bits per heavy atom. The Bertz CT molecular complexity index is 633. The lowest BCUT2D eigenvalue weighted by atomic mass is 10.1. The zero-order valence-corrected chi connectivity index (χ0v) is 11.9. The molecule has 6 heteroatoms. The Morgan fingerprint density at radius 2 is 2.06 bits per heavy atom. The molecule has 0 fully saturated rings. The smallest absolute Gasteiger partial charge is 0.164 e. The molecule has 18 heavy (non-hydrogen) atoms. The first-order chi connectivity index (χ1) is 8.43. The number of thiocarbonyl (C=S) groups is 1. The molecule has 0 radical (unpaired) electrons. The van der Waals surface area contributed by atoms with Crippen LogP contribution in [0.3, 0.4) is 0 Å². The van der Waals surface area contributed by atoms with Gasteiger partial charge in [0.05, 0.1) is 22.0 Å². The topological polar surface area (TPSA) is 56.7 Å². The van der Waals surface area contributed by atoms with Crippen molar-refractivity contribution < 1.29 is 0 Å². The normalized spacial score (nSPS) is 10.7. The summed E-state index contributed by atoms with van der Waals surface area (Å²) in [6.07, 6.45) is 1.71.